The Bertz CT molecular complexity index is 4800. The number of ether oxygens (including phenoxy) is 6. The minimum Gasteiger partial charge on any atom is -0.508 e. The number of aliphatic hydroxyl groups excluding tert-OH is 3. The Labute approximate surface area is 563 Å². The molecule has 3 aliphatic heterocycles. The number of aromatic hydroxyl groups is 21. The van der Waals surface area contributed by atoms with Crippen LogP contribution in [-0.2, 0) is 46.3 Å². The second-order valence-electron chi connectivity index (χ2n) is 23.9. The summed E-state index contributed by atoms with van der Waals surface area (Å²) in [6.45, 7) is 0. The van der Waals surface area contributed by atoms with Gasteiger partial charge in [-0.3, -0.25) is 0 Å². The van der Waals surface area contributed by atoms with Crippen molar-refractivity contribution in [2.75, 3.05) is 0 Å². The van der Waals surface area contributed by atoms with Gasteiger partial charge in [0.15, 0.2) is 110 Å². The quantitative estimate of drug-likeness (QED) is 0.0320. The number of carbonyl (C=O) groups excluding carboxylic acids is 3. The van der Waals surface area contributed by atoms with Crippen LogP contribution in [0.1, 0.15) is 99.8 Å². The topological polar surface area (TPSA) is 592 Å². The van der Waals surface area contributed by atoms with Gasteiger partial charge in [-0.1, -0.05) is 0 Å². The van der Waals surface area contributed by atoms with Gasteiger partial charge >= 0.3 is 17.9 Å². The largest absolute Gasteiger partial charge is 0.508 e. The van der Waals surface area contributed by atoms with Gasteiger partial charge in [0.25, 0.3) is 0 Å². The Hall–Kier alpha value is -13.8. The minimum atomic E-state index is -1.87. The monoisotopic (exact) mass is 1400 g/mol. The van der Waals surface area contributed by atoms with Gasteiger partial charge in [0.05, 0.1) is 16.7 Å². The van der Waals surface area contributed by atoms with Crippen LogP contribution < -0.4 is 14.2 Å². The molecule has 0 saturated carbocycles. The molecule has 0 aromatic heterocycles. The number of esters is 3. The zero-order valence-corrected chi connectivity index (χ0v) is 51.2. The van der Waals surface area contributed by atoms with Crippen molar-refractivity contribution in [2.24, 2.45) is 5.92 Å². The molecule has 0 fully saturated rings. The molecule has 1 aliphatic carbocycles. The molecule has 0 amide bonds. The van der Waals surface area contributed by atoms with Crippen molar-refractivity contribution in [1.82, 2.24) is 0 Å². The first-order valence-electron chi connectivity index (χ1n) is 29.8. The Morgan fingerprint density at radius 3 is 1.04 bits per heavy atom. The average Bonchev–Trinajstić information content (AvgIpc) is 0.738. The van der Waals surface area contributed by atoms with E-state index >= 15 is 0 Å². The number of rotatable bonds is 13. The van der Waals surface area contributed by atoms with Crippen LogP contribution in [0.25, 0.3) is 0 Å². The van der Waals surface area contributed by atoms with E-state index in [1.807, 2.05) is 0 Å². The summed E-state index contributed by atoms with van der Waals surface area (Å²) in [5, 5.41) is 262. The zero-order valence-electron chi connectivity index (χ0n) is 51.2. The fourth-order valence-corrected chi connectivity index (χ4v) is 12.5. The first-order chi connectivity index (χ1) is 47.7. The van der Waals surface area contributed by atoms with Crippen molar-refractivity contribution in [3.63, 3.8) is 0 Å². The van der Waals surface area contributed by atoms with Crippen molar-refractivity contribution < 1.29 is 165 Å². The second kappa shape index (κ2) is 25.0. The number of aliphatic hydroxyl groups is 3. The number of hydrogen-bond acceptors (Lipinski definition) is 33. The molecule has 0 bridgehead atoms. The van der Waals surface area contributed by atoms with E-state index < -0.39 is 299 Å². The van der Waals surface area contributed by atoms with Crippen molar-refractivity contribution in [3.8, 4) is 138 Å². The summed E-state index contributed by atoms with van der Waals surface area (Å²) in [5.74, 6) is -29.9. The summed E-state index contributed by atoms with van der Waals surface area (Å²) in [4.78, 5) is 41.9. The Morgan fingerprint density at radius 1 is 0.327 bits per heavy atom. The molecule has 12 rings (SSSR count). The summed E-state index contributed by atoms with van der Waals surface area (Å²) in [6.07, 6.45) is -14.1. The lowest BCUT2D eigenvalue weighted by atomic mass is 9.83. The lowest BCUT2D eigenvalue weighted by Crippen LogP contribution is -2.46. The Morgan fingerprint density at radius 2 is 0.653 bits per heavy atom. The number of phenols is 21. The molecule has 8 aromatic rings. The molecule has 33 heteroatoms. The number of fused-ring (bicyclic) bond motifs is 3. The molecule has 4 aliphatic rings. The highest BCUT2D eigenvalue weighted by Gasteiger charge is 2.46. The highest BCUT2D eigenvalue weighted by atomic mass is 16.6. The van der Waals surface area contributed by atoms with Crippen LogP contribution in [-0.4, -0.2) is 165 Å². The predicted octanol–water partition coefficient (Wildman–Crippen LogP) is 6.81. The number of carbonyl (C=O) groups is 3. The fourth-order valence-electron chi connectivity index (χ4n) is 12.5. The van der Waals surface area contributed by atoms with Gasteiger partial charge in [-0.05, 0) is 66.7 Å². The lowest BCUT2D eigenvalue weighted by molar-refractivity contribution is -0.0336. The summed E-state index contributed by atoms with van der Waals surface area (Å²) >= 11 is 0. The minimum absolute atomic E-state index is 0.289. The molecule has 0 radical (unpaired) electrons. The fraction of sp³-hybridized carbons (Fsp3) is 0.191. The van der Waals surface area contributed by atoms with E-state index in [9.17, 15) is 137 Å². The summed E-state index contributed by atoms with van der Waals surface area (Å²) in [7, 11) is 0. The van der Waals surface area contributed by atoms with E-state index in [2.05, 4.69) is 0 Å². The van der Waals surface area contributed by atoms with Gasteiger partial charge in [-0.2, -0.15) is 0 Å². The maximum Gasteiger partial charge on any atom is 0.338 e. The van der Waals surface area contributed by atoms with Crippen LogP contribution in [0.5, 0.6) is 138 Å². The van der Waals surface area contributed by atoms with E-state index in [0.717, 1.165) is 54.6 Å². The van der Waals surface area contributed by atoms with Crippen LogP contribution in [0, 0.1) is 5.92 Å². The van der Waals surface area contributed by atoms with Gasteiger partial charge in [-0.25, -0.2) is 14.4 Å². The third-order valence-electron chi connectivity index (χ3n) is 17.6. The summed E-state index contributed by atoms with van der Waals surface area (Å²) in [6, 6.07) is 9.20. The number of hydrogen-bond donors (Lipinski definition) is 24. The van der Waals surface area contributed by atoms with Crippen molar-refractivity contribution in [1.29, 1.82) is 0 Å². The van der Waals surface area contributed by atoms with Crippen LogP contribution in [0.2, 0.25) is 0 Å². The van der Waals surface area contributed by atoms with Crippen molar-refractivity contribution in [3.05, 3.63) is 163 Å². The molecule has 0 spiro atoms. The van der Waals surface area contributed by atoms with E-state index in [0.29, 0.717) is 24.3 Å². The van der Waals surface area contributed by atoms with E-state index in [1.165, 1.54) is 0 Å². The molecule has 1 unspecified atom stereocenters. The SMILES string of the molecule is O=C(O[C@H]1Cc2c(O)cc(O)c(Cc3c(O)c(Cc4c(O)cc(O)c5c4O[C@H](C4C=C(O)C(O)=C(O)C4)[C@H](OC(=O)c4cc(O)c(O)c(O)c4)C5)c(O)c4c3O[C@@H](c3cc(O)c(O)c(O)c3)[C@H](OC(=O)c3cc(O)c(O)c(O)c3)C4)c2O[C@H]1c1cc(O)c(O)c(O)c1)c1cc(O)c(O)c(O)c1. The molecular formula is C68H56O33. The van der Waals surface area contributed by atoms with Crippen LogP contribution in [0.15, 0.2) is 96.1 Å². The normalized spacial score (nSPS) is 19.0. The number of allylic oxidation sites excluding steroid dienone is 1. The van der Waals surface area contributed by atoms with Crippen LogP contribution in [0.3, 0.4) is 0 Å². The third-order valence-corrected chi connectivity index (χ3v) is 17.6. The molecule has 3 heterocycles. The molecule has 8 aromatic carbocycles. The molecular weight excluding hydrogens is 1340 g/mol. The summed E-state index contributed by atoms with van der Waals surface area (Å²) < 4.78 is 37.1. The maximum absolute atomic E-state index is 14.2. The first-order valence-corrected chi connectivity index (χ1v) is 29.8. The molecule has 33 nitrogen and oxygen atoms in total. The van der Waals surface area contributed by atoms with E-state index in [1.54, 1.807) is 0 Å². The van der Waals surface area contributed by atoms with E-state index in [4.69, 9.17) is 28.4 Å². The Kier molecular flexibility index (Phi) is 16.7. The summed E-state index contributed by atoms with van der Waals surface area (Å²) in [5.41, 5.74) is -5.53. The van der Waals surface area contributed by atoms with Crippen molar-refractivity contribution in [2.45, 2.75) is 75.1 Å². The highest BCUT2D eigenvalue weighted by molar-refractivity contribution is 5.93. The van der Waals surface area contributed by atoms with Gasteiger partial charge in [0, 0.05) is 107 Å². The predicted molar refractivity (Wildman–Crippen MR) is 333 cm³/mol. The standard InChI is InChI=1S/C68H56O33/c69-33-18-35(71)28-15-49(96-66(93)23-7-43(79)57(90)44(80)8-23)60(20-1-37(73)54(87)38(74)2-20)99-63(28)26(33)13-30-52(85)31(65-32(53(30)86)17-51(62(101-65)22-5-41(77)56(89)42(78)6-22)98-68(95)25-11-47(83)59(92)48(84)12-25)14-27-34(70)19-36(72)29-16-50(97-67(94)24-9-45(81)58(91)46(82)10-24)61(100-64(27)29)21-3-39(75)55(88)40(76)4-21/h1,3-12,18-20,49-51,60-62,69-92H,2,13-17H2/t20?,49-,50+,51-,60-,61+,62+/m1/s1. The second-order valence-corrected chi connectivity index (χ2v) is 23.9. The molecule has 7 atom stereocenters. The van der Waals surface area contributed by atoms with Gasteiger partial charge in [0.2, 0.25) is 0 Å². The molecule has 101 heavy (non-hydrogen) atoms. The first kappa shape index (κ1) is 67.2. The van der Waals surface area contributed by atoms with Crippen LogP contribution in [0.4, 0.5) is 0 Å². The van der Waals surface area contributed by atoms with E-state index in [-0.39, 0.29) is 22.3 Å². The number of phenolic OH excluding ortho intramolecular Hbond substituents is 21. The van der Waals surface area contributed by atoms with Gasteiger partial charge < -0.3 is 151 Å². The number of benzene rings is 8. The van der Waals surface area contributed by atoms with Gasteiger partial charge in [-0.15, -0.1) is 0 Å². The van der Waals surface area contributed by atoms with Crippen molar-refractivity contribution >= 4 is 17.9 Å². The lowest BCUT2D eigenvalue weighted by Gasteiger charge is -2.39. The zero-order chi connectivity index (χ0) is 73.0. The third kappa shape index (κ3) is 12.0. The average molecular weight is 1400 g/mol. The maximum atomic E-state index is 14.2. The highest BCUT2D eigenvalue weighted by Crippen LogP contribution is 2.57. The molecule has 0 saturated heterocycles. The molecule has 526 valence electrons. The Balaban J connectivity index is 1.04. The molecule has 24 N–H and O–H groups in total. The van der Waals surface area contributed by atoms with Gasteiger partial charge in [0.1, 0.15) is 81.9 Å². The smallest absolute Gasteiger partial charge is 0.338 e. The van der Waals surface area contributed by atoms with Crippen LogP contribution >= 0.6 is 0 Å².